The van der Waals surface area contributed by atoms with Crippen LogP contribution in [0.1, 0.15) is 62.8 Å². The minimum atomic E-state index is -2.20. The van der Waals surface area contributed by atoms with Gasteiger partial charge >= 0.3 is 5.97 Å². The molecule has 1 aromatic heterocycles. The molecule has 0 saturated heterocycles. The van der Waals surface area contributed by atoms with Crippen molar-refractivity contribution in [1.29, 1.82) is 0 Å². The van der Waals surface area contributed by atoms with Crippen molar-refractivity contribution in [2.45, 2.75) is 72.7 Å². The summed E-state index contributed by atoms with van der Waals surface area (Å²) in [5.74, 6) is -1.83. The first-order chi connectivity index (χ1) is 18.7. The van der Waals surface area contributed by atoms with E-state index in [0.717, 1.165) is 5.69 Å². The molecule has 7 atom stereocenters. The van der Waals surface area contributed by atoms with Crippen molar-refractivity contribution in [2.24, 2.45) is 28.6 Å². The normalized spacial score (nSPS) is 34.9. The molecule has 2 bridgehead atoms. The first kappa shape index (κ1) is 28.5. The first-order valence-electron chi connectivity index (χ1n) is 14.0. The lowest BCUT2D eigenvalue weighted by atomic mass is 9.59. The summed E-state index contributed by atoms with van der Waals surface area (Å²) in [4.78, 5) is 28.4. The van der Waals surface area contributed by atoms with Crippen molar-refractivity contribution >= 4 is 11.8 Å². The third-order valence-corrected chi connectivity index (χ3v) is 10.2. The third-order valence-electron chi connectivity index (χ3n) is 10.2. The van der Waals surface area contributed by atoms with E-state index in [4.69, 9.17) is 4.74 Å². The molecule has 3 aliphatic rings. The van der Waals surface area contributed by atoms with E-state index in [0.29, 0.717) is 23.4 Å². The molecule has 5 rings (SSSR count). The van der Waals surface area contributed by atoms with E-state index in [1.54, 1.807) is 37.6 Å². The van der Waals surface area contributed by atoms with Crippen molar-refractivity contribution in [1.82, 2.24) is 9.78 Å². The van der Waals surface area contributed by atoms with E-state index in [2.05, 4.69) is 12.0 Å². The van der Waals surface area contributed by atoms with Gasteiger partial charge in [0.2, 0.25) is 0 Å². The number of esters is 1. The molecule has 2 unspecified atom stereocenters. The van der Waals surface area contributed by atoms with Gasteiger partial charge in [-0.1, -0.05) is 58.0 Å². The lowest BCUT2D eigenvalue weighted by Crippen LogP contribution is -2.65. The molecule has 1 saturated carbocycles. The Balaban J connectivity index is 1.62. The van der Waals surface area contributed by atoms with E-state index in [-0.39, 0.29) is 28.8 Å². The van der Waals surface area contributed by atoms with Gasteiger partial charge in [0.1, 0.15) is 11.7 Å². The van der Waals surface area contributed by atoms with Gasteiger partial charge in [0, 0.05) is 5.92 Å². The summed E-state index contributed by atoms with van der Waals surface area (Å²) < 4.78 is 7.75. The Bertz CT molecular complexity index is 1420. The standard InChI is InChI=1S/C32H40N2O6/c1-17-15-31-19(3)13-18(2)30(6,7)24(27(31)37)14-22(16-35)26(36)32(31,39)28(17)40-29(38)25-20(4)33-34(21(25)5)23-11-9-8-10-12-23/h8-12,14-15,18-19,24,26,28,35-36,39H,13,16H2,1-7H3/t18-,19?,24+,26+,28-,31?,32-/m0/s1. The predicted octanol–water partition coefficient (Wildman–Crippen LogP) is 3.87. The molecular weight excluding hydrogens is 508 g/mol. The monoisotopic (exact) mass is 548 g/mol. The van der Waals surface area contributed by atoms with Crippen LogP contribution in [0.2, 0.25) is 0 Å². The fourth-order valence-corrected chi connectivity index (χ4v) is 7.58. The quantitative estimate of drug-likeness (QED) is 0.392. The fraction of sp³-hybridized carbons (Fsp3) is 0.531. The minimum absolute atomic E-state index is 0.107. The van der Waals surface area contributed by atoms with Crippen LogP contribution in [0.3, 0.4) is 0 Å². The smallest absolute Gasteiger partial charge is 0.342 e. The molecule has 1 fully saturated rings. The van der Waals surface area contributed by atoms with Crippen LogP contribution in [-0.4, -0.2) is 61.3 Å². The molecule has 0 radical (unpaired) electrons. The Hall–Kier alpha value is -3.07. The molecule has 0 amide bonds. The number of Topliss-reactive ketones (excluding diaryl/α,β-unsaturated/α-hetero) is 1. The Labute approximate surface area is 235 Å². The van der Waals surface area contributed by atoms with Gasteiger partial charge in [0.25, 0.3) is 0 Å². The fourth-order valence-electron chi connectivity index (χ4n) is 7.58. The van der Waals surface area contributed by atoms with Gasteiger partial charge < -0.3 is 20.1 Å². The molecule has 8 nitrogen and oxygen atoms in total. The summed E-state index contributed by atoms with van der Waals surface area (Å²) in [5.41, 5.74) is -1.48. The van der Waals surface area contributed by atoms with E-state index in [9.17, 15) is 24.9 Å². The maximum Gasteiger partial charge on any atom is 0.342 e. The van der Waals surface area contributed by atoms with E-state index in [1.807, 2.05) is 51.1 Å². The van der Waals surface area contributed by atoms with Crippen LogP contribution in [0.25, 0.3) is 5.69 Å². The topological polar surface area (TPSA) is 122 Å². The van der Waals surface area contributed by atoms with Gasteiger partial charge in [0.05, 0.1) is 29.1 Å². The average molecular weight is 549 g/mol. The number of carbonyl (C=O) groups is 2. The number of allylic oxidation sites excluding steroid dienone is 1. The van der Waals surface area contributed by atoms with Crippen molar-refractivity contribution in [2.75, 3.05) is 6.61 Å². The third kappa shape index (κ3) is 3.65. The zero-order valence-electron chi connectivity index (χ0n) is 24.3. The van der Waals surface area contributed by atoms with Gasteiger partial charge in [0.15, 0.2) is 17.5 Å². The van der Waals surface area contributed by atoms with Gasteiger partial charge in [-0.2, -0.15) is 5.10 Å². The van der Waals surface area contributed by atoms with Crippen molar-refractivity contribution < 1.29 is 29.6 Å². The summed E-state index contributed by atoms with van der Waals surface area (Å²) >= 11 is 0. The second kappa shape index (κ2) is 9.50. The maximum atomic E-state index is 14.6. The lowest BCUT2D eigenvalue weighted by molar-refractivity contribution is -0.190. The van der Waals surface area contributed by atoms with Crippen molar-refractivity contribution in [3.05, 3.63) is 70.6 Å². The van der Waals surface area contributed by atoms with Gasteiger partial charge in [-0.05, 0) is 67.7 Å². The van der Waals surface area contributed by atoms with Crippen molar-refractivity contribution in [3.63, 3.8) is 0 Å². The number of ketones is 1. The number of fused-ring (bicyclic) bond motifs is 1. The number of hydrogen-bond donors (Lipinski definition) is 3. The molecule has 8 heteroatoms. The first-order valence-corrected chi connectivity index (χ1v) is 14.0. The van der Waals surface area contributed by atoms with Gasteiger partial charge in [-0.3, -0.25) is 4.79 Å². The Kier molecular flexibility index (Phi) is 6.76. The van der Waals surface area contributed by atoms with Crippen LogP contribution in [0.4, 0.5) is 0 Å². The molecule has 214 valence electrons. The number of hydrogen-bond acceptors (Lipinski definition) is 7. The highest BCUT2D eigenvalue weighted by Crippen LogP contribution is 2.62. The zero-order chi connectivity index (χ0) is 29.4. The molecule has 1 heterocycles. The highest BCUT2D eigenvalue weighted by molar-refractivity contribution is 5.96. The van der Waals surface area contributed by atoms with E-state index < -0.39 is 47.1 Å². The second-order valence-electron chi connectivity index (χ2n) is 12.7. The Morgan fingerprint density at radius 3 is 2.40 bits per heavy atom. The highest BCUT2D eigenvalue weighted by Gasteiger charge is 2.73. The van der Waals surface area contributed by atoms with Gasteiger partial charge in [-0.25, -0.2) is 9.48 Å². The number of para-hydroxylation sites is 1. The van der Waals surface area contributed by atoms with Crippen LogP contribution in [-0.2, 0) is 9.53 Å². The van der Waals surface area contributed by atoms with E-state index >= 15 is 0 Å². The predicted molar refractivity (Wildman–Crippen MR) is 150 cm³/mol. The molecule has 3 aliphatic carbocycles. The number of ether oxygens (including phenoxy) is 1. The molecule has 1 aromatic carbocycles. The maximum absolute atomic E-state index is 14.6. The molecule has 1 spiro atoms. The number of aliphatic hydroxyl groups is 3. The van der Waals surface area contributed by atoms with Crippen LogP contribution < -0.4 is 0 Å². The van der Waals surface area contributed by atoms with E-state index in [1.165, 1.54) is 0 Å². The minimum Gasteiger partial charge on any atom is -0.451 e. The molecule has 0 aliphatic heterocycles. The number of rotatable bonds is 4. The number of benzene rings is 1. The van der Waals surface area contributed by atoms with Crippen LogP contribution in [0, 0.1) is 42.4 Å². The van der Waals surface area contributed by atoms with Crippen LogP contribution in [0.15, 0.2) is 53.6 Å². The summed E-state index contributed by atoms with van der Waals surface area (Å²) in [6.45, 7) is 12.7. The zero-order valence-corrected chi connectivity index (χ0v) is 24.3. The second-order valence-corrected chi connectivity index (χ2v) is 12.7. The number of aryl methyl sites for hydroxylation is 1. The largest absolute Gasteiger partial charge is 0.451 e. The Morgan fingerprint density at radius 2 is 1.77 bits per heavy atom. The van der Waals surface area contributed by atoms with Crippen LogP contribution in [0.5, 0.6) is 0 Å². The number of carbonyl (C=O) groups excluding carboxylic acids is 2. The number of aliphatic hydroxyl groups excluding tert-OH is 2. The Morgan fingerprint density at radius 1 is 1.12 bits per heavy atom. The average Bonchev–Trinajstić information content (AvgIpc) is 3.30. The summed E-state index contributed by atoms with van der Waals surface area (Å²) in [7, 11) is 0. The molecule has 3 N–H and O–H groups in total. The number of aromatic nitrogens is 2. The summed E-state index contributed by atoms with van der Waals surface area (Å²) in [5, 5.41) is 39.3. The SMILES string of the molecule is CC1=CC23C(=O)[C@@H](C=C(CO)[C@@H](O)[C@]2(O)[C@H]1OC(=O)c1c(C)nn(-c2ccccc2)c1C)C(C)(C)[C@@H](C)CC3C. The summed E-state index contributed by atoms with van der Waals surface area (Å²) in [6, 6.07) is 9.42. The molecule has 2 aromatic rings. The highest BCUT2D eigenvalue weighted by atomic mass is 16.6. The molecular formula is C32H40N2O6. The van der Waals surface area contributed by atoms with Crippen molar-refractivity contribution in [3.8, 4) is 5.69 Å². The lowest BCUT2D eigenvalue weighted by Gasteiger charge is -2.48. The van der Waals surface area contributed by atoms with Crippen LogP contribution >= 0.6 is 0 Å². The molecule has 40 heavy (non-hydrogen) atoms. The van der Waals surface area contributed by atoms with Gasteiger partial charge in [-0.15, -0.1) is 0 Å². The summed E-state index contributed by atoms with van der Waals surface area (Å²) in [6.07, 6.45) is 1.05. The number of nitrogens with zero attached hydrogens (tertiary/aromatic N) is 2.